The molecule has 0 atom stereocenters. The zero-order valence-corrected chi connectivity index (χ0v) is 9.03. The summed E-state index contributed by atoms with van der Waals surface area (Å²) in [5.74, 6) is 0.855. The predicted octanol–water partition coefficient (Wildman–Crippen LogP) is 0.997. The Morgan fingerprint density at radius 3 is 3.19 bits per heavy atom. The largest absolute Gasteiger partial charge is 0.356 e. The van der Waals surface area contributed by atoms with Gasteiger partial charge in [0.25, 0.3) is 0 Å². The molecule has 0 radical (unpaired) electrons. The molecule has 0 saturated carbocycles. The second-order valence-corrected chi connectivity index (χ2v) is 3.68. The van der Waals surface area contributed by atoms with Gasteiger partial charge in [-0.15, -0.1) is 0 Å². The molecule has 2 N–H and O–H groups in total. The summed E-state index contributed by atoms with van der Waals surface area (Å²) in [4.78, 5) is 4.32. The lowest BCUT2D eigenvalue weighted by atomic mass is 10.1. The Labute approximate surface area is 95.0 Å². The number of rotatable bonds is 2. The normalized spacial score (nSPS) is 14.6. The Hall–Kier alpha value is -2.02. The van der Waals surface area contributed by atoms with Gasteiger partial charge in [0.05, 0.1) is 11.6 Å². The molecule has 2 rings (SSSR count). The highest BCUT2D eigenvalue weighted by atomic mass is 15.2. The molecule has 0 saturated heterocycles. The zero-order valence-electron chi connectivity index (χ0n) is 9.03. The fourth-order valence-electron chi connectivity index (χ4n) is 1.59. The number of benzene rings is 1. The van der Waals surface area contributed by atoms with E-state index in [1.54, 1.807) is 6.07 Å². The van der Waals surface area contributed by atoms with Crippen LogP contribution in [0.25, 0.3) is 0 Å². The van der Waals surface area contributed by atoms with Crippen LogP contribution >= 0.6 is 0 Å². The van der Waals surface area contributed by atoms with Crippen molar-refractivity contribution in [2.24, 2.45) is 4.99 Å². The summed E-state index contributed by atoms with van der Waals surface area (Å²) >= 11 is 0. The van der Waals surface area contributed by atoms with Gasteiger partial charge in [-0.3, -0.25) is 4.99 Å². The van der Waals surface area contributed by atoms with E-state index >= 15 is 0 Å². The third kappa shape index (κ3) is 2.74. The van der Waals surface area contributed by atoms with Gasteiger partial charge in [0.1, 0.15) is 0 Å². The highest BCUT2D eigenvalue weighted by molar-refractivity contribution is 5.80. The maximum absolute atomic E-state index is 8.77. The van der Waals surface area contributed by atoms with Crippen molar-refractivity contribution in [2.45, 2.75) is 13.0 Å². The average molecular weight is 214 g/mol. The molecule has 1 aromatic carbocycles. The van der Waals surface area contributed by atoms with Crippen molar-refractivity contribution < 1.29 is 0 Å². The molecule has 0 bridgehead atoms. The Balaban J connectivity index is 1.94. The molecule has 1 aromatic rings. The third-order valence-corrected chi connectivity index (χ3v) is 2.41. The lowest BCUT2D eigenvalue weighted by Gasteiger charge is -2.15. The Morgan fingerprint density at radius 2 is 2.44 bits per heavy atom. The van der Waals surface area contributed by atoms with Crippen LogP contribution in [-0.2, 0) is 6.54 Å². The number of guanidine groups is 1. The molecule has 0 aromatic heterocycles. The maximum atomic E-state index is 8.77. The van der Waals surface area contributed by atoms with E-state index in [1.807, 2.05) is 18.2 Å². The predicted molar refractivity (Wildman–Crippen MR) is 62.9 cm³/mol. The quantitative estimate of drug-likeness (QED) is 0.772. The zero-order chi connectivity index (χ0) is 11.2. The van der Waals surface area contributed by atoms with Gasteiger partial charge in [-0.05, 0) is 24.1 Å². The van der Waals surface area contributed by atoms with Crippen LogP contribution in [0.4, 0.5) is 0 Å². The van der Waals surface area contributed by atoms with Crippen LogP contribution in [0.1, 0.15) is 17.5 Å². The molecule has 82 valence electrons. The molecule has 1 heterocycles. The summed E-state index contributed by atoms with van der Waals surface area (Å²) in [5.41, 5.74) is 1.78. The van der Waals surface area contributed by atoms with Crippen molar-refractivity contribution in [3.05, 3.63) is 35.4 Å². The third-order valence-electron chi connectivity index (χ3n) is 2.41. The van der Waals surface area contributed by atoms with E-state index in [4.69, 9.17) is 5.26 Å². The van der Waals surface area contributed by atoms with Crippen molar-refractivity contribution in [3.63, 3.8) is 0 Å². The van der Waals surface area contributed by atoms with E-state index in [0.29, 0.717) is 12.1 Å². The summed E-state index contributed by atoms with van der Waals surface area (Å²) in [6, 6.07) is 9.71. The van der Waals surface area contributed by atoms with E-state index in [2.05, 4.69) is 21.7 Å². The number of nitriles is 1. The fraction of sp³-hybridized carbons (Fsp3) is 0.333. The van der Waals surface area contributed by atoms with E-state index in [1.165, 1.54) is 0 Å². The summed E-state index contributed by atoms with van der Waals surface area (Å²) in [6.07, 6.45) is 1.09. The van der Waals surface area contributed by atoms with Crippen LogP contribution in [-0.4, -0.2) is 19.0 Å². The second kappa shape index (κ2) is 5.17. The van der Waals surface area contributed by atoms with Gasteiger partial charge in [-0.1, -0.05) is 12.1 Å². The minimum absolute atomic E-state index is 0.692. The number of nitrogens with one attached hydrogen (secondary N) is 2. The van der Waals surface area contributed by atoms with E-state index in [9.17, 15) is 0 Å². The van der Waals surface area contributed by atoms with Crippen LogP contribution < -0.4 is 10.6 Å². The van der Waals surface area contributed by atoms with Crippen molar-refractivity contribution in [3.8, 4) is 6.07 Å². The lowest BCUT2D eigenvalue weighted by Crippen LogP contribution is -2.40. The van der Waals surface area contributed by atoms with Crippen LogP contribution in [0.5, 0.6) is 0 Å². The van der Waals surface area contributed by atoms with Crippen LogP contribution in [0, 0.1) is 11.3 Å². The molecule has 1 aliphatic heterocycles. The van der Waals surface area contributed by atoms with Gasteiger partial charge in [0, 0.05) is 19.6 Å². The first-order valence-electron chi connectivity index (χ1n) is 5.40. The van der Waals surface area contributed by atoms with Gasteiger partial charge in [0.15, 0.2) is 5.96 Å². The topological polar surface area (TPSA) is 60.2 Å². The summed E-state index contributed by atoms with van der Waals surface area (Å²) in [7, 11) is 0. The van der Waals surface area contributed by atoms with Crippen molar-refractivity contribution in [1.82, 2.24) is 10.6 Å². The van der Waals surface area contributed by atoms with Gasteiger partial charge in [-0.25, -0.2) is 0 Å². The molecule has 0 unspecified atom stereocenters. The Morgan fingerprint density at radius 1 is 1.50 bits per heavy atom. The van der Waals surface area contributed by atoms with Gasteiger partial charge in [-0.2, -0.15) is 5.26 Å². The first-order chi connectivity index (χ1) is 7.88. The Bertz CT molecular complexity index is 431. The minimum Gasteiger partial charge on any atom is -0.356 e. The smallest absolute Gasteiger partial charge is 0.191 e. The summed E-state index contributed by atoms with van der Waals surface area (Å²) in [6.45, 7) is 2.55. The lowest BCUT2D eigenvalue weighted by molar-refractivity contribution is 0.702. The fourth-order valence-corrected chi connectivity index (χ4v) is 1.59. The SMILES string of the molecule is N#Cc1cccc(CNC2=NCCCN2)c1. The molecular formula is C12H14N4. The molecule has 4 heteroatoms. The van der Waals surface area contributed by atoms with Crippen molar-refractivity contribution in [1.29, 1.82) is 5.26 Å². The first-order valence-corrected chi connectivity index (χ1v) is 5.40. The number of aliphatic imine (C=N–C) groups is 1. The molecular weight excluding hydrogens is 200 g/mol. The monoisotopic (exact) mass is 214 g/mol. The van der Waals surface area contributed by atoms with Crippen molar-refractivity contribution >= 4 is 5.96 Å². The Kier molecular flexibility index (Phi) is 3.39. The van der Waals surface area contributed by atoms with Crippen LogP contribution in [0.2, 0.25) is 0 Å². The van der Waals surface area contributed by atoms with E-state index in [0.717, 1.165) is 31.0 Å². The van der Waals surface area contributed by atoms with Crippen LogP contribution in [0.3, 0.4) is 0 Å². The average Bonchev–Trinajstić information content (AvgIpc) is 2.38. The molecule has 16 heavy (non-hydrogen) atoms. The first kappa shape index (κ1) is 10.5. The highest BCUT2D eigenvalue weighted by Crippen LogP contribution is 2.03. The molecule has 4 nitrogen and oxygen atoms in total. The summed E-state index contributed by atoms with van der Waals surface area (Å²) < 4.78 is 0. The second-order valence-electron chi connectivity index (χ2n) is 3.68. The van der Waals surface area contributed by atoms with Crippen molar-refractivity contribution in [2.75, 3.05) is 13.1 Å². The molecule has 1 aliphatic rings. The molecule has 0 spiro atoms. The van der Waals surface area contributed by atoms with Gasteiger partial charge < -0.3 is 10.6 Å². The minimum atomic E-state index is 0.692. The van der Waals surface area contributed by atoms with E-state index < -0.39 is 0 Å². The van der Waals surface area contributed by atoms with E-state index in [-0.39, 0.29) is 0 Å². The maximum Gasteiger partial charge on any atom is 0.191 e. The standard InChI is InChI=1S/C12H14N4/c13-8-10-3-1-4-11(7-10)9-16-12-14-5-2-6-15-12/h1,3-4,7H,2,5-6,9H2,(H2,14,15,16). The number of nitrogens with zero attached hydrogens (tertiary/aromatic N) is 2. The highest BCUT2D eigenvalue weighted by Gasteiger charge is 2.02. The molecule has 0 amide bonds. The number of hydrogen-bond acceptors (Lipinski definition) is 4. The molecule has 0 aliphatic carbocycles. The van der Waals surface area contributed by atoms with Gasteiger partial charge in [0.2, 0.25) is 0 Å². The van der Waals surface area contributed by atoms with Crippen LogP contribution in [0.15, 0.2) is 29.3 Å². The van der Waals surface area contributed by atoms with Gasteiger partial charge >= 0.3 is 0 Å². The summed E-state index contributed by atoms with van der Waals surface area (Å²) in [5, 5.41) is 15.2. The molecule has 0 fully saturated rings. The number of hydrogen-bond donors (Lipinski definition) is 2.